The Labute approximate surface area is 118 Å². The van der Waals surface area contributed by atoms with E-state index in [2.05, 4.69) is 58.9 Å². The van der Waals surface area contributed by atoms with Crippen LogP contribution in [-0.4, -0.2) is 13.2 Å². The summed E-state index contributed by atoms with van der Waals surface area (Å²) in [6.45, 7) is 13.1. The first-order chi connectivity index (χ1) is 9.00. The van der Waals surface area contributed by atoms with Crippen LogP contribution in [0.1, 0.15) is 51.8 Å². The van der Waals surface area contributed by atoms with Crippen LogP contribution in [0.15, 0.2) is 24.3 Å². The quantitative estimate of drug-likeness (QED) is 0.683. The molecule has 1 unspecified atom stereocenters. The minimum absolute atomic E-state index is 0.126. The van der Waals surface area contributed by atoms with Crippen LogP contribution in [0.25, 0.3) is 0 Å². The predicted molar refractivity (Wildman–Crippen MR) is 80.1 cm³/mol. The first kappa shape index (κ1) is 16.2. The molecule has 0 aliphatic rings. The van der Waals surface area contributed by atoms with E-state index in [-0.39, 0.29) is 6.10 Å². The smallest absolute Gasteiger partial charge is 0.0800 e. The first-order valence-corrected chi connectivity index (χ1v) is 7.27. The first-order valence-electron chi connectivity index (χ1n) is 7.27. The van der Waals surface area contributed by atoms with Gasteiger partial charge in [0.15, 0.2) is 0 Å². The number of ether oxygens (including phenoxy) is 2. The minimum atomic E-state index is 0.126. The van der Waals surface area contributed by atoms with Gasteiger partial charge in [0.05, 0.1) is 12.7 Å². The Hall–Kier alpha value is -0.860. The molecule has 0 bridgehead atoms. The maximum Gasteiger partial charge on any atom is 0.0800 e. The van der Waals surface area contributed by atoms with Gasteiger partial charge in [0.2, 0.25) is 0 Å². The summed E-state index contributed by atoms with van der Waals surface area (Å²) >= 11 is 0. The van der Waals surface area contributed by atoms with Crippen molar-refractivity contribution in [2.24, 2.45) is 11.8 Å². The normalized spacial score (nSPS) is 13.2. The second-order valence-corrected chi connectivity index (χ2v) is 5.98. The summed E-state index contributed by atoms with van der Waals surface area (Å²) in [5, 5.41) is 0. The van der Waals surface area contributed by atoms with Gasteiger partial charge in [0.25, 0.3) is 0 Å². The molecule has 0 fully saturated rings. The van der Waals surface area contributed by atoms with Gasteiger partial charge in [-0.05, 0) is 29.9 Å². The van der Waals surface area contributed by atoms with Crippen LogP contribution in [0.5, 0.6) is 0 Å². The van der Waals surface area contributed by atoms with E-state index in [0.717, 1.165) is 13.2 Å². The third-order valence-corrected chi connectivity index (χ3v) is 2.88. The Bertz CT molecular complexity index is 358. The third-order valence-electron chi connectivity index (χ3n) is 2.88. The Morgan fingerprint density at radius 1 is 0.895 bits per heavy atom. The van der Waals surface area contributed by atoms with E-state index in [1.807, 2.05) is 0 Å². The Balaban J connectivity index is 2.61. The molecule has 0 N–H and O–H groups in total. The van der Waals surface area contributed by atoms with E-state index in [4.69, 9.17) is 9.47 Å². The van der Waals surface area contributed by atoms with Crippen molar-refractivity contribution < 1.29 is 9.47 Å². The molecule has 1 aromatic rings. The van der Waals surface area contributed by atoms with Crippen molar-refractivity contribution in [2.75, 3.05) is 13.2 Å². The Kier molecular flexibility index (Phi) is 7.11. The van der Waals surface area contributed by atoms with Crippen molar-refractivity contribution in [1.29, 1.82) is 0 Å². The van der Waals surface area contributed by atoms with Crippen molar-refractivity contribution >= 4 is 0 Å². The van der Waals surface area contributed by atoms with Gasteiger partial charge < -0.3 is 9.47 Å². The van der Waals surface area contributed by atoms with E-state index in [0.29, 0.717) is 18.4 Å². The molecule has 2 heteroatoms. The lowest BCUT2D eigenvalue weighted by Crippen LogP contribution is -2.10. The highest BCUT2D eigenvalue weighted by molar-refractivity contribution is 5.28. The lowest BCUT2D eigenvalue weighted by Gasteiger charge is -2.19. The molecule has 2 nitrogen and oxygen atoms in total. The van der Waals surface area contributed by atoms with Gasteiger partial charge in [-0.2, -0.15) is 0 Å². The van der Waals surface area contributed by atoms with Crippen LogP contribution in [-0.2, 0) is 16.1 Å². The van der Waals surface area contributed by atoms with Crippen LogP contribution in [0.2, 0.25) is 0 Å². The summed E-state index contributed by atoms with van der Waals surface area (Å²) < 4.78 is 11.6. The molecule has 1 atom stereocenters. The van der Waals surface area contributed by atoms with E-state index in [1.165, 1.54) is 11.1 Å². The maximum atomic E-state index is 5.90. The fraction of sp³-hybridized carbons (Fsp3) is 0.647. The number of hydrogen-bond acceptors (Lipinski definition) is 2. The molecule has 1 rings (SSSR count). The summed E-state index contributed by atoms with van der Waals surface area (Å²) in [6.07, 6.45) is 0.126. The molecule has 0 heterocycles. The molecule has 0 saturated heterocycles. The molecule has 1 aromatic carbocycles. The van der Waals surface area contributed by atoms with Crippen LogP contribution in [0.4, 0.5) is 0 Å². The van der Waals surface area contributed by atoms with Crippen molar-refractivity contribution in [2.45, 2.75) is 47.3 Å². The molecule has 0 aliphatic heterocycles. The van der Waals surface area contributed by atoms with Gasteiger partial charge in [-0.25, -0.2) is 0 Å². The zero-order valence-electron chi connectivity index (χ0n) is 13.0. The van der Waals surface area contributed by atoms with Crippen molar-refractivity contribution in [3.63, 3.8) is 0 Å². The summed E-state index contributed by atoms with van der Waals surface area (Å²) in [7, 11) is 0. The van der Waals surface area contributed by atoms with E-state index >= 15 is 0 Å². The van der Waals surface area contributed by atoms with E-state index < -0.39 is 0 Å². The fourth-order valence-electron chi connectivity index (χ4n) is 1.89. The van der Waals surface area contributed by atoms with E-state index in [9.17, 15) is 0 Å². The number of hydrogen-bond donors (Lipinski definition) is 0. The van der Waals surface area contributed by atoms with Crippen LogP contribution < -0.4 is 0 Å². The summed E-state index contributed by atoms with van der Waals surface area (Å²) in [4.78, 5) is 0. The van der Waals surface area contributed by atoms with Crippen LogP contribution >= 0.6 is 0 Å². The molecule has 0 aromatic heterocycles. The molecule has 0 aliphatic carbocycles. The molecular weight excluding hydrogens is 236 g/mol. The Morgan fingerprint density at radius 2 is 1.53 bits per heavy atom. The predicted octanol–water partition coefficient (Wildman–Crippen LogP) is 4.59. The minimum Gasteiger partial charge on any atom is -0.376 e. The van der Waals surface area contributed by atoms with Gasteiger partial charge in [0, 0.05) is 13.2 Å². The summed E-state index contributed by atoms with van der Waals surface area (Å²) in [6, 6.07) is 8.40. The van der Waals surface area contributed by atoms with E-state index in [1.54, 1.807) is 0 Å². The monoisotopic (exact) mass is 264 g/mol. The molecule has 0 amide bonds. The number of rotatable bonds is 8. The average molecular weight is 264 g/mol. The van der Waals surface area contributed by atoms with Gasteiger partial charge >= 0.3 is 0 Å². The second kappa shape index (κ2) is 8.34. The molecule has 108 valence electrons. The molecular formula is C17H28O2. The lowest BCUT2D eigenvalue weighted by molar-refractivity contribution is 0.0435. The van der Waals surface area contributed by atoms with Gasteiger partial charge in [0.1, 0.15) is 0 Å². The van der Waals surface area contributed by atoms with Crippen molar-refractivity contribution in [3.8, 4) is 0 Å². The standard InChI is InChI=1S/C17H28O2/c1-13(2)10-18-12-16-8-6-7-9-17(16)15(5)19-11-14(3)4/h6-9,13-15H,10-12H2,1-5H3. The summed E-state index contributed by atoms with van der Waals surface area (Å²) in [5.41, 5.74) is 2.48. The summed E-state index contributed by atoms with van der Waals surface area (Å²) in [5.74, 6) is 1.13. The maximum absolute atomic E-state index is 5.90. The largest absolute Gasteiger partial charge is 0.376 e. The second-order valence-electron chi connectivity index (χ2n) is 5.98. The topological polar surface area (TPSA) is 18.5 Å². The Morgan fingerprint density at radius 3 is 2.16 bits per heavy atom. The highest BCUT2D eigenvalue weighted by Crippen LogP contribution is 2.22. The molecule has 0 radical (unpaired) electrons. The highest BCUT2D eigenvalue weighted by atomic mass is 16.5. The molecule has 19 heavy (non-hydrogen) atoms. The molecule has 0 spiro atoms. The fourth-order valence-corrected chi connectivity index (χ4v) is 1.89. The average Bonchev–Trinajstić information content (AvgIpc) is 2.36. The lowest BCUT2D eigenvalue weighted by atomic mass is 10.0. The van der Waals surface area contributed by atoms with Gasteiger partial charge in [-0.15, -0.1) is 0 Å². The molecule has 0 saturated carbocycles. The van der Waals surface area contributed by atoms with Crippen LogP contribution in [0.3, 0.4) is 0 Å². The van der Waals surface area contributed by atoms with Crippen LogP contribution in [0, 0.1) is 11.8 Å². The van der Waals surface area contributed by atoms with Crippen molar-refractivity contribution in [1.82, 2.24) is 0 Å². The SMILES string of the molecule is CC(C)COCc1ccccc1C(C)OCC(C)C. The van der Waals surface area contributed by atoms with Crippen molar-refractivity contribution in [3.05, 3.63) is 35.4 Å². The highest BCUT2D eigenvalue weighted by Gasteiger charge is 2.11. The van der Waals surface area contributed by atoms with Gasteiger partial charge in [-0.1, -0.05) is 52.0 Å². The zero-order valence-corrected chi connectivity index (χ0v) is 13.0. The third kappa shape index (κ3) is 6.22. The van der Waals surface area contributed by atoms with Gasteiger partial charge in [-0.3, -0.25) is 0 Å². The zero-order chi connectivity index (χ0) is 14.3. The number of benzene rings is 1.